The molecule has 2 unspecified atom stereocenters. The van der Waals surface area contributed by atoms with Gasteiger partial charge in [0.05, 0.1) is 47.0 Å². The van der Waals surface area contributed by atoms with E-state index in [9.17, 15) is 24.5 Å². The summed E-state index contributed by atoms with van der Waals surface area (Å²) in [5.41, 5.74) is 11.9. The maximum Gasteiger partial charge on any atom is 0.255 e. The Morgan fingerprint density at radius 1 is 0.787 bits per heavy atom. The monoisotopic (exact) mass is 815 g/mol. The van der Waals surface area contributed by atoms with E-state index in [-0.39, 0.29) is 17.1 Å². The maximum atomic E-state index is 12.8. The third kappa shape index (κ3) is 6.09. The molecule has 8 aromatic rings. The summed E-state index contributed by atoms with van der Waals surface area (Å²) in [6.07, 6.45) is 2.82. The number of methoxy groups -OCH3 is 1. The van der Waals surface area contributed by atoms with E-state index in [1.807, 2.05) is 68.7 Å². The van der Waals surface area contributed by atoms with Gasteiger partial charge < -0.3 is 29.3 Å². The number of hydrogen-bond acceptors (Lipinski definition) is 9. The predicted molar refractivity (Wildman–Crippen MR) is 232 cm³/mol. The van der Waals surface area contributed by atoms with Crippen LogP contribution >= 0.6 is 0 Å². The number of nitriles is 2. The van der Waals surface area contributed by atoms with Crippen molar-refractivity contribution in [1.82, 2.24) is 29.1 Å². The number of rotatable bonds is 5. The zero-order valence-corrected chi connectivity index (χ0v) is 34.1. The van der Waals surface area contributed by atoms with Gasteiger partial charge in [0.25, 0.3) is 11.1 Å². The largest absolute Gasteiger partial charge is 0.495 e. The van der Waals surface area contributed by atoms with Crippen LogP contribution in [0.4, 0.5) is 10.3 Å². The second-order valence-corrected chi connectivity index (χ2v) is 16.0. The lowest BCUT2D eigenvalue weighted by atomic mass is 9.68. The van der Waals surface area contributed by atoms with Crippen LogP contribution in [0.25, 0.3) is 43.6 Å². The maximum absolute atomic E-state index is 12.8. The average molecular weight is 816 g/mol. The second kappa shape index (κ2) is 14.7. The number of H-pyrrole nitrogens is 2. The molecular formula is C47H42FN9O4. The summed E-state index contributed by atoms with van der Waals surface area (Å²) in [6, 6.07) is 28.5. The first kappa shape index (κ1) is 39.0. The number of benzene rings is 4. The standard InChI is InChI=1S/C24H21FN4O2.C23H21N5O2/c1-14-27-19-8-9-24(12-26,11-17(19)23(30)28-14)18-4-3-5-21-22(18)16-10-15(31-13-25)6-7-20(16)29(21)2;1-28-17-6-4-3-5-13(17)19-15(7-8-18(30-2)20(19)28)23(12-24)10-9-16-14(11-23)21(29)27-22(25)26-16/h3-7,10H,8-9,11,13H2,1-2H3,(H,27,28,30);3-8H,9-11H2,1-2H3,(H3,25,26,27,29). The third-order valence-corrected chi connectivity index (χ3v) is 12.8. The first-order valence-corrected chi connectivity index (χ1v) is 20.0. The van der Waals surface area contributed by atoms with Gasteiger partial charge in [0.15, 0.2) is 0 Å². The lowest BCUT2D eigenvalue weighted by Gasteiger charge is -2.32. The molecule has 4 N–H and O–H groups in total. The number of halogens is 1. The van der Waals surface area contributed by atoms with Gasteiger partial charge in [-0.25, -0.2) is 14.4 Å². The number of anilines is 1. The Morgan fingerprint density at radius 3 is 2.11 bits per heavy atom. The highest BCUT2D eigenvalue weighted by Gasteiger charge is 2.42. The van der Waals surface area contributed by atoms with Gasteiger partial charge in [-0.15, -0.1) is 0 Å². The van der Waals surface area contributed by atoms with Crippen LogP contribution in [0, 0.1) is 29.6 Å². The molecule has 4 aromatic carbocycles. The smallest absolute Gasteiger partial charge is 0.255 e. The van der Waals surface area contributed by atoms with Crippen LogP contribution in [0.5, 0.6) is 11.5 Å². The van der Waals surface area contributed by atoms with Crippen LogP contribution in [0.3, 0.4) is 0 Å². The van der Waals surface area contributed by atoms with Gasteiger partial charge in [0, 0.05) is 76.2 Å². The average Bonchev–Trinajstić information content (AvgIpc) is 3.73. The van der Waals surface area contributed by atoms with E-state index in [4.69, 9.17) is 15.2 Å². The van der Waals surface area contributed by atoms with Gasteiger partial charge in [-0.05, 0) is 80.1 Å². The molecule has 4 heterocycles. The number of ether oxygens (including phenoxy) is 2. The molecule has 2 aliphatic rings. The molecule has 0 fully saturated rings. The summed E-state index contributed by atoms with van der Waals surface area (Å²) in [7, 11) is 5.62. The molecule has 0 saturated heterocycles. The van der Waals surface area contributed by atoms with E-state index < -0.39 is 17.7 Å². The van der Waals surface area contributed by atoms with E-state index in [2.05, 4.69) is 53.3 Å². The molecule has 0 spiro atoms. The topological polar surface area (TPSA) is 193 Å². The van der Waals surface area contributed by atoms with E-state index >= 15 is 0 Å². The SMILES string of the molecule is COc1ccc(C2(C#N)CCc3nc(N)[nH]c(=O)c3C2)c2c3ccccc3n(C)c12.Cc1nc2c(c(=O)[nH]1)CC(C#N)(c1cccc3c1c1cc(OCF)ccc1n3C)CC2. The molecule has 0 saturated carbocycles. The molecule has 0 amide bonds. The first-order valence-electron chi connectivity index (χ1n) is 20.0. The number of alkyl halides is 1. The van der Waals surface area contributed by atoms with Gasteiger partial charge in [-0.3, -0.25) is 14.6 Å². The Hall–Kier alpha value is -7.45. The Bertz CT molecular complexity index is 3310. The number of nitrogen functional groups attached to an aromatic ring is 1. The molecule has 2 aliphatic carbocycles. The van der Waals surface area contributed by atoms with Gasteiger partial charge in [0.2, 0.25) is 12.8 Å². The number of nitrogens with zero attached hydrogens (tertiary/aromatic N) is 6. The zero-order valence-electron chi connectivity index (χ0n) is 34.1. The highest BCUT2D eigenvalue weighted by atomic mass is 19.1. The summed E-state index contributed by atoms with van der Waals surface area (Å²) < 4.78 is 27.7. The van der Waals surface area contributed by atoms with E-state index in [0.717, 1.165) is 66.2 Å². The molecule has 61 heavy (non-hydrogen) atoms. The fraction of sp³-hybridized carbons (Fsp3) is 0.277. The molecular weight excluding hydrogens is 774 g/mol. The number of aromatic amines is 2. The summed E-state index contributed by atoms with van der Waals surface area (Å²) in [6.45, 7) is 0.860. The molecule has 0 radical (unpaired) electrons. The van der Waals surface area contributed by atoms with Crippen molar-refractivity contribution in [2.45, 2.75) is 56.3 Å². The van der Waals surface area contributed by atoms with Crippen molar-refractivity contribution in [2.24, 2.45) is 14.1 Å². The van der Waals surface area contributed by atoms with Gasteiger partial charge in [-0.2, -0.15) is 10.5 Å². The summed E-state index contributed by atoms with van der Waals surface area (Å²) in [5, 5.41) is 24.7. The van der Waals surface area contributed by atoms with Crippen LogP contribution in [0.15, 0.2) is 82.4 Å². The minimum atomic E-state index is -0.906. The number of aromatic nitrogens is 6. The number of nitrogens with two attached hydrogens (primary N) is 1. The molecule has 14 heteroatoms. The fourth-order valence-corrected chi connectivity index (χ4v) is 9.86. The first-order chi connectivity index (χ1) is 29.5. The molecule has 4 aromatic heterocycles. The van der Waals surface area contributed by atoms with Gasteiger partial charge >= 0.3 is 0 Å². The zero-order chi connectivity index (χ0) is 42.8. The summed E-state index contributed by atoms with van der Waals surface area (Å²) in [4.78, 5) is 39.4. The third-order valence-electron chi connectivity index (χ3n) is 12.8. The highest BCUT2D eigenvalue weighted by Crippen LogP contribution is 2.46. The van der Waals surface area contributed by atoms with Crippen molar-refractivity contribution in [1.29, 1.82) is 10.5 Å². The van der Waals surface area contributed by atoms with Crippen molar-refractivity contribution >= 4 is 49.6 Å². The van der Waals surface area contributed by atoms with Crippen molar-refractivity contribution in [3.63, 3.8) is 0 Å². The Labute approximate surface area is 348 Å². The van der Waals surface area contributed by atoms with Crippen molar-refractivity contribution in [3.05, 3.63) is 133 Å². The molecule has 306 valence electrons. The fourth-order valence-electron chi connectivity index (χ4n) is 9.86. The lowest BCUT2D eigenvalue weighted by molar-refractivity contribution is 0.192. The van der Waals surface area contributed by atoms with Crippen LogP contribution in [0.2, 0.25) is 0 Å². The van der Waals surface area contributed by atoms with Crippen molar-refractivity contribution in [3.8, 4) is 23.6 Å². The predicted octanol–water partition coefficient (Wildman–Crippen LogP) is 6.94. The molecule has 0 bridgehead atoms. The van der Waals surface area contributed by atoms with E-state index in [0.29, 0.717) is 66.9 Å². The van der Waals surface area contributed by atoms with Crippen LogP contribution in [-0.2, 0) is 50.6 Å². The lowest BCUT2D eigenvalue weighted by Crippen LogP contribution is -2.37. The van der Waals surface area contributed by atoms with Gasteiger partial charge in [-0.1, -0.05) is 36.4 Å². The van der Waals surface area contributed by atoms with Crippen molar-refractivity contribution in [2.75, 3.05) is 19.7 Å². The van der Waals surface area contributed by atoms with Crippen LogP contribution < -0.4 is 26.3 Å². The number of hydrogen-bond donors (Lipinski definition) is 3. The van der Waals surface area contributed by atoms with E-state index in [1.165, 1.54) is 0 Å². The normalized spacial score (nSPS) is 18.2. The molecule has 2 atom stereocenters. The van der Waals surface area contributed by atoms with Crippen LogP contribution in [0.1, 0.15) is 52.3 Å². The Balaban J connectivity index is 0.000000156. The quantitative estimate of drug-likeness (QED) is 0.165. The Morgan fingerprint density at radius 2 is 1.43 bits per heavy atom. The van der Waals surface area contributed by atoms with Gasteiger partial charge in [0.1, 0.15) is 17.3 Å². The molecule has 10 rings (SSSR count). The van der Waals surface area contributed by atoms with Crippen LogP contribution in [-0.4, -0.2) is 43.0 Å². The summed E-state index contributed by atoms with van der Waals surface area (Å²) >= 11 is 0. The van der Waals surface area contributed by atoms with Crippen molar-refractivity contribution < 1.29 is 13.9 Å². The number of fused-ring (bicyclic) bond motifs is 8. The number of para-hydroxylation sites is 1. The van der Waals surface area contributed by atoms with E-state index in [1.54, 1.807) is 20.1 Å². The summed E-state index contributed by atoms with van der Waals surface area (Å²) in [5.74, 6) is 1.89. The molecule has 13 nitrogen and oxygen atoms in total. The second-order valence-electron chi connectivity index (χ2n) is 16.0. The minimum Gasteiger partial charge on any atom is -0.495 e. The highest BCUT2D eigenvalue weighted by molar-refractivity contribution is 6.12. The molecule has 0 aliphatic heterocycles. The number of nitrogens with one attached hydrogen (secondary N) is 2. The minimum absolute atomic E-state index is 0.115. The number of aryl methyl sites for hydroxylation is 5. The Kier molecular flexibility index (Phi) is 9.39.